The summed E-state index contributed by atoms with van der Waals surface area (Å²) in [4.78, 5) is 17.0. The Morgan fingerprint density at radius 1 is 1.18 bits per heavy atom. The molecule has 0 radical (unpaired) electrons. The molecule has 1 heterocycles. The van der Waals surface area contributed by atoms with E-state index in [9.17, 15) is 4.79 Å². The topological polar surface area (TPSA) is 20.3 Å². The molecular weight excluding hydrogens is 310 g/mol. The van der Waals surface area contributed by atoms with E-state index in [0.717, 1.165) is 23.5 Å². The Balaban J connectivity index is 1.74. The Morgan fingerprint density at radius 3 is 2.73 bits per heavy atom. The van der Waals surface area contributed by atoms with E-state index in [-0.39, 0.29) is 5.91 Å². The Morgan fingerprint density at radius 2 is 1.91 bits per heavy atom. The monoisotopic (exact) mass is 329 g/mol. The molecule has 0 bridgehead atoms. The Kier molecular flexibility index (Phi) is 5.11. The molecule has 0 aliphatic carbocycles. The molecule has 4 heteroatoms. The average Bonchev–Trinajstić information content (AvgIpc) is 2.72. The summed E-state index contributed by atoms with van der Waals surface area (Å²) in [5, 5.41) is 0.542. The summed E-state index contributed by atoms with van der Waals surface area (Å²) in [5.74, 6) is 0.674. The van der Waals surface area contributed by atoms with Gasteiger partial charge in [-0.05, 0) is 30.7 Å². The first-order valence-electron chi connectivity index (χ1n) is 7.48. The standard InChI is InChI=1S/C18H19NOS2/c1-14-11-12-19(16-9-5-6-10-17(16)22-14)18(20)13-21-15-7-3-2-4-8-15/h2-10,14H,11-13H2,1H3. The van der Waals surface area contributed by atoms with Crippen molar-refractivity contribution in [2.45, 2.75) is 28.4 Å². The smallest absolute Gasteiger partial charge is 0.237 e. The van der Waals surface area contributed by atoms with Gasteiger partial charge in [-0.1, -0.05) is 37.3 Å². The third-order valence-electron chi connectivity index (χ3n) is 3.65. The summed E-state index contributed by atoms with van der Waals surface area (Å²) in [7, 11) is 0. The number of nitrogens with zero attached hydrogens (tertiary/aromatic N) is 1. The third-order valence-corrected chi connectivity index (χ3v) is 5.88. The van der Waals surface area contributed by atoms with Crippen molar-refractivity contribution in [3.05, 3.63) is 54.6 Å². The van der Waals surface area contributed by atoms with E-state index in [1.807, 2.05) is 59.1 Å². The number of thioether (sulfide) groups is 2. The van der Waals surface area contributed by atoms with E-state index >= 15 is 0 Å². The normalized spacial score (nSPS) is 17.7. The maximum atomic E-state index is 12.7. The zero-order valence-corrected chi connectivity index (χ0v) is 14.2. The van der Waals surface area contributed by atoms with E-state index in [4.69, 9.17) is 0 Å². The minimum atomic E-state index is 0.191. The van der Waals surface area contributed by atoms with Gasteiger partial charge < -0.3 is 4.90 Å². The molecule has 0 spiro atoms. The molecule has 1 aliphatic rings. The second-order valence-corrected chi connectivity index (χ2v) is 7.86. The number of fused-ring (bicyclic) bond motifs is 1. The molecule has 2 aromatic carbocycles. The van der Waals surface area contributed by atoms with E-state index in [1.54, 1.807) is 11.8 Å². The molecule has 2 nitrogen and oxygen atoms in total. The average molecular weight is 329 g/mol. The molecule has 1 aliphatic heterocycles. The molecule has 0 N–H and O–H groups in total. The number of rotatable bonds is 3. The molecular formula is C18H19NOS2. The highest BCUT2D eigenvalue weighted by Crippen LogP contribution is 2.37. The first-order chi connectivity index (χ1) is 10.7. The molecule has 1 atom stereocenters. The van der Waals surface area contributed by atoms with Crippen molar-refractivity contribution < 1.29 is 4.79 Å². The molecule has 3 rings (SSSR count). The van der Waals surface area contributed by atoms with Gasteiger partial charge in [-0.15, -0.1) is 23.5 Å². The zero-order chi connectivity index (χ0) is 15.4. The lowest BCUT2D eigenvalue weighted by molar-refractivity contribution is -0.116. The highest BCUT2D eigenvalue weighted by Gasteiger charge is 2.23. The van der Waals surface area contributed by atoms with Crippen LogP contribution in [0, 0.1) is 0 Å². The van der Waals surface area contributed by atoms with Crippen molar-refractivity contribution in [2.75, 3.05) is 17.2 Å². The number of para-hydroxylation sites is 1. The van der Waals surface area contributed by atoms with Crippen LogP contribution < -0.4 is 4.90 Å². The summed E-state index contributed by atoms with van der Waals surface area (Å²) >= 11 is 3.47. The molecule has 114 valence electrons. The van der Waals surface area contributed by atoms with Crippen molar-refractivity contribution in [3.8, 4) is 0 Å². The fourth-order valence-electron chi connectivity index (χ4n) is 2.49. The molecule has 0 saturated heterocycles. The van der Waals surface area contributed by atoms with Crippen LogP contribution in [0.4, 0.5) is 5.69 Å². The predicted octanol–water partition coefficient (Wildman–Crippen LogP) is 4.70. The van der Waals surface area contributed by atoms with Gasteiger partial charge in [0, 0.05) is 21.6 Å². The largest absolute Gasteiger partial charge is 0.311 e. The summed E-state index contributed by atoms with van der Waals surface area (Å²) < 4.78 is 0. The van der Waals surface area contributed by atoms with Crippen LogP contribution in [-0.2, 0) is 4.79 Å². The van der Waals surface area contributed by atoms with E-state index in [0.29, 0.717) is 11.0 Å². The van der Waals surface area contributed by atoms with Gasteiger partial charge in [-0.3, -0.25) is 4.79 Å². The van der Waals surface area contributed by atoms with E-state index < -0.39 is 0 Å². The highest BCUT2D eigenvalue weighted by atomic mass is 32.2. The summed E-state index contributed by atoms with van der Waals surface area (Å²) in [6.45, 7) is 3.04. The van der Waals surface area contributed by atoms with Gasteiger partial charge >= 0.3 is 0 Å². The molecule has 0 aromatic heterocycles. The fourth-order valence-corrected chi connectivity index (χ4v) is 4.39. The summed E-state index contributed by atoms with van der Waals surface area (Å²) in [6.07, 6.45) is 1.03. The number of hydrogen-bond acceptors (Lipinski definition) is 3. The van der Waals surface area contributed by atoms with Gasteiger partial charge in [0.05, 0.1) is 11.4 Å². The van der Waals surface area contributed by atoms with Crippen molar-refractivity contribution in [3.63, 3.8) is 0 Å². The number of amides is 1. The van der Waals surface area contributed by atoms with Crippen LogP contribution in [0.3, 0.4) is 0 Å². The van der Waals surface area contributed by atoms with Gasteiger partial charge in [0.25, 0.3) is 0 Å². The lowest BCUT2D eigenvalue weighted by Crippen LogP contribution is -2.33. The molecule has 1 unspecified atom stereocenters. The number of anilines is 1. The third kappa shape index (κ3) is 3.68. The number of carbonyl (C=O) groups is 1. The minimum absolute atomic E-state index is 0.191. The van der Waals surface area contributed by atoms with E-state index in [2.05, 4.69) is 19.1 Å². The first kappa shape index (κ1) is 15.5. The fraction of sp³-hybridized carbons (Fsp3) is 0.278. The van der Waals surface area contributed by atoms with Crippen LogP contribution >= 0.6 is 23.5 Å². The van der Waals surface area contributed by atoms with Crippen molar-refractivity contribution in [1.82, 2.24) is 0 Å². The number of carbonyl (C=O) groups excluding carboxylic acids is 1. The maximum absolute atomic E-state index is 12.7. The molecule has 2 aromatic rings. The second-order valence-electron chi connectivity index (χ2n) is 5.33. The molecule has 1 amide bonds. The van der Waals surface area contributed by atoms with Gasteiger partial charge in [0.2, 0.25) is 5.91 Å². The molecule has 0 fully saturated rings. The lowest BCUT2D eigenvalue weighted by Gasteiger charge is -2.22. The van der Waals surface area contributed by atoms with E-state index in [1.165, 1.54) is 4.90 Å². The predicted molar refractivity (Wildman–Crippen MR) is 95.9 cm³/mol. The lowest BCUT2D eigenvalue weighted by atomic mass is 10.2. The van der Waals surface area contributed by atoms with Crippen LogP contribution in [0.15, 0.2) is 64.4 Å². The van der Waals surface area contributed by atoms with Crippen LogP contribution in [0.25, 0.3) is 0 Å². The van der Waals surface area contributed by atoms with Gasteiger partial charge in [-0.2, -0.15) is 0 Å². The number of benzene rings is 2. The van der Waals surface area contributed by atoms with Gasteiger partial charge in [0.15, 0.2) is 0 Å². The van der Waals surface area contributed by atoms with Crippen LogP contribution in [-0.4, -0.2) is 23.5 Å². The zero-order valence-electron chi connectivity index (χ0n) is 12.6. The van der Waals surface area contributed by atoms with Crippen molar-refractivity contribution >= 4 is 35.1 Å². The van der Waals surface area contributed by atoms with Crippen molar-refractivity contribution in [2.24, 2.45) is 0 Å². The first-order valence-corrected chi connectivity index (χ1v) is 9.34. The SMILES string of the molecule is CC1CCN(C(=O)CSc2ccccc2)c2ccccc2S1. The Labute approximate surface area is 140 Å². The van der Waals surface area contributed by atoms with Gasteiger partial charge in [0.1, 0.15) is 0 Å². The van der Waals surface area contributed by atoms with Crippen molar-refractivity contribution in [1.29, 1.82) is 0 Å². The Bertz CT molecular complexity index is 645. The number of hydrogen-bond donors (Lipinski definition) is 0. The minimum Gasteiger partial charge on any atom is -0.311 e. The second kappa shape index (κ2) is 7.25. The summed E-state index contributed by atoms with van der Waals surface area (Å²) in [6, 6.07) is 18.3. The molecule has 0 saturated carbocycles. The maximum Gasteiger partial charge on any atom is 0.237 e. The quantitative estimate of drug-likeness (QED) is 0.762. The van der Waals surface area contributed by atoms with Crippen LogP contribution in [0.2, 0.25) is 0 Å². The highest BCUT2D eigenvalue weighted by molar-refractivity contribution is 8.00. The molecule has 22 heavy (non-hydrogen) atoms. The van der Waals surface area contributed by atoms with Crippen LogP contribution in [0.1, 0.15) is 13.3 Å². The van der Waals surface area contributed by atoms with Crippen LogP contribution in [0.5, 0.6) is 0 Å². The Hall–Kier alpha value is -1.39. The van der Waals surface area contributed by atoms with Gasteiger partial charge in [-0.25, -0.2) is 0 Å². The summed E-state index contributed by atoms with van der Waals surface area (Å²) in [5.41, 5.74) is 1.07.